The lowest BCUT2D eigenvalue weighted by Crippen LogP contribution is -2.35. The molecule has 2 rings (SSSR count). The van der Waals surface area contributed by atoms with E-state index in [-0.39, 0.29) is 11.3 Å². The van der Waals surface area contributed by atoms with Crippen LogP contribution >= 0.6 is 11.8 Å². The van der Waals surface area contributed by atoms with Crippen molar-refractivity contribution in [1.29, 1.82) is 0 Å². The lowest BCUT2D eigenvalue weighted by molar-refractivity contribution is -0.385. The molecule has 1 saturated carbocycles. The summed E-state index contributed by atoms with van der Waals surface area (Å²) in [6.07, 6.45) is 5.62. The van der Waals surface area contributed by atoms with Gasteiger partial charge < -0.3 is 5.73 Å². The Balaban J connectivity index is 2.21. The van der Waals surface area contributed by atoms with Gasteiger partial charge in [-0.05, 0) is 32.2 Å². The molecule has 0 aromatic heterocycles. The van der Waals surface area contributed by atoms with E-state index in [9.17, 15) is 14.9 Å². The summed E-state index contributed by atoms with van der Waals surface area (Å²) in [4.78, 5) is 24.2. The Morgan fingerprint density at radius 3 is 2.82 bits per heavy atom. The molecule has 0 radical (unpaired) electrons. The first-order valence-corrected chi connectivity index (χ1v) is 8.53. The molecular formula is C15H21N3O3S. The van der Waals surface area contributed by atoms with Crippen LogP contribution in [0.1, 0.15) is 35.2 Å². The molecule has 0 unspecified atom stereocenters. The van der Waals surface area contributed by atoms with E-state index < -0.39 is 10.8 Å². The predicted octanol–water partition coefficient (Wildman–Crippen LogP) is 2.41. The molecule has 0 spiro atoms. The standard InChI is InChI=1S/C15H21N3O3S/c1-17(12-4-3-5-14(12)22-2)9-11-7-6-10(15(16)19)8-13(11)18(20)21/h6-8,12,14H,3-5,9H2,1-2H3,(H2,16,19)/t12-,14+/m0/s1. The number of carbonyl (C=O) groups excluding carboxylic acids is 1. The van der Waals surface area contributed by atoms with Crippen LogP contribution in [-0.4, -0.2) is 40.3 Å². The summed E-state index contributed by atoms with van der Waals surface area (Å²) < 4.78 is 0. The Bertz CT molecular complexity index is 579. The zero-order valence-corrected chi connectivity index (χ0v) is 13.6. The van der Waals surface area contributed by atoms with Gasteiger partial charge in [0.1, 0.15) is 0 Å². The maximum absolute atomic E-state index is 11.3. The van der Waals surface area contributed by atoms with Gasteiger partial charge in [0.15, 0.2) is 0 Å². The summed E-state index contributed by atoms with van der Waals surface area (Å²) in [5, 5.41) is 11.8. The Kier molecular flexibility index (Phi) is 5.42. The molecule has 0 heterocycles. The van der Waals surface area contributed by atoms with Crippen LogP contribution in [0.4, 0.5) is 5.69 Å². The quantitative estimate of drug-likeness (QED) is 0.641. The number of carbonyl (C=O) groups is 1. The van der Waals surface area contributed by atoms with Crippen LogP contribution in [0.3, 0.4) is 0 Å². The van der Waals surface area contributed by atoms with Crippen molar-refractivity contribution in [3.8, 4) is 0 Å². The van der Waals surface area contributed by atoms with Crippen molar-refractivity contribution in [1.82, 2.24) is 4.90 Å². The summed E-state index contributed by atoms with van der Waals surface area (Å²) in [6.45, 7) is 0.497. The molecule has 2 N–H and O–H groups in total. The van der Waals surface area contributed by atoms with Gasteiger partial charge in [-0.3, -0.25) is 19.8 Å². The van der Waals surface area contributed by atoms with Crippen molar-refractivity contribution in [2.24, 2.45) is 5.73 Å². The van der Waals surface area contributed by atoms with Gasteiger partial charge in [-0.25, -0.2) is 0 Å². The molecule has 0 aliphatic heterocycles. The van der Waals surface area contributed by atoms with Crippen molar-refractivity contribution in [2.75, 3.05) is 13.3 Å². The molecule has 2 atom stereocenters. The van der Waals surface area contributed by atoms with E-state index in [0.717, 1.165) is 6.42 Å². The van der Waals surface area contributed by atoms with Crippen LogP contribution in [0, 0.1) is 10.1 Å². The maximum atomic E-state index is 11.3. The van der Waals surface area contributed by atoms with Crippen molar-refractivity contribution in [2.45, 2.75) is 37.1 Å². The van der Waals surface area contributed by atoms with Crippen molar-refractivity contribution < 1.29 is 9.72 Å². The van der Waals surface area contributed by atoms with Gasteiger partial charge in [0.2, 0.25) is 5.91 Å². The fraction of sp³-hybridized carbons (Fsp3) is 0.533. The zero-order chi connectivity index (χ0) is 16.3. The van der Waals surface area contributed by atoms with E-state index >= 15 is 0 Å². The Morgan fingerprint density at radius 2 is 2.23 bits per heavy atom. The van der Waals surface area contributed by atoms with Gasteiger partial charge in [0.25, 0.3) is 5.69 Å². The lowest BCUT2D eigenvalue weighted by atomic mass is 10.1. The minimum absolute atomic E-state index is 0.0400. The number of hydrogen-bond acceptors (Lipinski definition) is 5. The third-order valence-electron chi connectivity index (χ3n) is 4.27. The van der Waals surface area contributed by atoms with E-state index in [1.54, 1.807) is 12.1 Å². The first kappa shape index (κ1) is 16.8. The molecule has 7 heteroatoms. The van der Waals surface area contributed by atoms with E-state index in [1.165, 1.54) is 18.9 Å². The Labute approximate surface area is 134 Å². The molecule has 0 saturated heterocycles. The number of benzene rings is 1. The fourth-order valence-corrected chi connectivity index (χ4v) is 4.15. The van der Waals surface area contributed by atoms with Crippen molar-refractivity contribution >= 4 is 23.4 Å². The number of nitrogens with zero attached hydrogens (tertiary/aromatic N) is 2. The SMILES string of the molecule is CS[C@@H]1CCC[C@@H]1N(C)Cc1ccc(C(N)=O)cc1[N+](=O)[O-]. The summed E-state index contributed by atoms with van der Waals surface area (Å²) in [6, 6.07) is 4.90. The first-order chi connectivity index (χ1) is 10.4. The Morgan fingerprint density at radius 1 is 1.50 bits per heavy atom. The van der Waals surface area contributed by atoms with Gasteiger partial charge in [-0.2, -0.15) is 11.8 Å². The van der Waals surface area contributed by atoms with E-state index in [0.29, 0.717) is 23.4 Å². The summed E-state index contributed by atoms with van der Waals surface area (Å²) >= 11 is 1.86. The maximum Gasteiger partial charge on any atom is 0.274 e. The highest BCUT2D eigenvalue weighted by molar-refractivity contribution is 7.99. The van der Waals surface area contributed by atoms with Crippen molar-refractivity contribution in [3.05, 3.63) is 39.4 Å². The number of amides is 1. The average molecular weight is 323 g/mol. The number of nitro benzene ring substituents is 1. The summed E-state index contributed by atoms with van der Waals surface area (Å²) in [7, 11) is 2.00. The minimum Gasteiger partial charge on any atom is -0.366 e. The van der Waals surface area contributed by atoms with Gasteiger partial charge in [0, 0.05) is 35.0 Å². The number of nitrogens with two attached hydrogens (primary N) is 1. The largest absolute Gasteiger partial charge is 0.366 e. The molecule has 1 aromatic rings. The Hall–Kier alpha value is -1.60. The summed E-state index contributed by atoms with van der Waals surface area (Å²) in [5.74, 6) is -0.652. The van der Waals surface area contributed by atoms with Gasteiger partial charge in [-0.15, -0.1) is 0 Å². The zero-order valence-electron chi connectivity index (χ0n) is 12.8. The van der Waals surface area contributed by atoms with E-state index in [1.807, 2.05) is 18.8 Å². The third kappa shape index (κ3) is 3.59. The molecule has 1 aliphatic carbocycles. The highest BCUT2D eigenvalue weighted by atomic mass is 32.2. The molecule has 1 aromatic carbocycles. The number of primary amides is 1. The fourth-order valence-electron chi connectivity index (χ4n) is 3.09. The predicted molar refractivity (Wildman–Crippen MR) is 88.0 cm³/mol. The van der Waals surface area contributed by atoms with E-state index in [4.69, 9.17) is 5.73 Å². The highest BCUT2D eigenvalue weighted by Crippen LogP contribution is 2.33. The number of thioether (sulfide) groups is 1. The van der Waals surface area contributed by atoms with Crippen LogP contribution in [0.25, 0.3) is 0 Å². The second-order valence-electron chi connectivity index (χ2n) is 5.65. The molecular weight excluding hydrogens is 302 g/mol. The van der Waals surface area contributed by atoms with E-state index in [2.05, 4.69) is 11.2 Å². The molecule has 0 bridgehead atoms. The normalized spacial score (nSPS) is 21.2. The third-order valence-corrected chi connectivity index (χ3v) is 5.43. The highest BCUT2D eigenvalue weighted by Gasteiger charge is 2.30. The average Bonchev–Trinajstić information content (AvgIpc) is 2.95. The lowest BCUT2D eigenvalue weighted by Gasteiger charge is -2.28. The van der Waals surface area contributed by atoms with Gasteiger partial charge in [0.05, 0.1) is 4.92 Å². The van der Waals surface area contributed by atoms with Crippen molar-refractivity contribution in [3.63, 3.8) is 0 Å². The topological polar surface area (TPSA) is 89.5 Å². The monoisotopic (exact) mass is 323 g/mol. The van der Waals surface area contributed by atoms with Crippen LogP contribution in [-0.2, 0) is 6.54 Å². The van der Waals surface area contributed by atoms with Crippen LogP contribution in [0.2, 0.25) is 0 Å². The molecule has 1 amide bonds. The number of rotatable bonds is 6. The van der Waals surface area contributed by atoms with Gasteiger partial charge in [-0.1, -0.05) is 12.5 Å². The van der Waals surface area contributed by atoms with Crippen LogP contribution < -0.4 is 5.73 Å². The number of hydrogen-bond donors (Lipinski definition) is 1. The second kappa shape index (κ2) is 7.11. The molecule has 22 heavy (non-hydrogen) atoms. The van der Waals surface area contributed by atoms with Crippen LogP contribution in [0.5, 0.6) is 0 Å². The number of nitro groups is 1. The van der Waals surface area contributed by atoms with Gasteiger partial charge >= 0.3 is 0 Å². The summed E-state index contributed by atoms with van der Waals surface area (Å²) in [5.41, 5.74) is 5.94. The smallest absolute Gasteiger partial charge is 0.274 e. The molecule has 6 nitrogen and oxygen atoms in total. The second-order valence-corrected chi connectivity index (χ2v) is 6.73. The molecule has 120 valence electrons. The molecule has 1 aliphatic rings. The van der Waals surface area contributed by atoms with Crippen LogP contribution in [0.15, 0.2) is 18.2 Å². The minimum atomic E-state index is -0.652. The molecule has 1 fully saturated rings. The first-order valence-electron chi connectivity index (χ1n) is 7.24.